The standard InChI is InChI=1S/C61H103N3O15/c1-17-46-60(13,72)51(68)38(7)64(26-18-25-62-55(70)61(73)24-22-43-42-20-19-40-28-41(65)21-23-56(40,9)48(42)45(66)30-57(43,61)10)32-33(2)29-58(11,71)52(79-54-49(67)44(63(14)15)27-34(3)75-54)35(4)50(36(5)53(69)77-46)78-47-31-59(12,74-16)37(6)39(8)76-47/h28,33-39,42-44,46-52,54,67-68,71-73H,17-27,29-32H2,1-16H3,(H,62,70)/t33-,34?,35+,36-,37-,38-,39?,42?,43?,44-,46-,47-,48?,49-,50+,51-,52-,54?,56+,57+,58-,59+,60-,61+/m1/s1. The summed E-state index contributed by atoms with van der Waals surface area (Å²) < 4.78 is 39.0. The van der Waals surface area contributed by atoms with Gasteiger partial charge in [0.1, 0.15) is 35.3 Å². The highest BCUT2D eigenvalue weighted by Crippen LogP contribution is 2.66. The lowest BCUT2D eigenvalue weighted by Gasteiger charge is -2.57. The van der Waals surface area contributed by atoms with Gasteiger partial charge in [0.15, 0.2) is 18.4 Å². The summed E-state index contributed by atoms with van der Waals surface area (Å²) >= 11 is 0. The molecule has 0 aromatic rings. The van der Waals surface area contributed by atoms with E-state index in [0.29, 0.717) is 51.6 Å². The predicted octanol–water partition coefficient (Wildman–Crippen LogP) is 5.49. The SMILES string of the molecule is CC[C@H]1OC(=O)[C@H](C)[C@@H](O[C@@H]2C[C@](C)(OC)[C@H](C)C(C)O2)[C@H](C)[C@@H](OC2OC(C)C[C@@H](N(C)C)[C@H]2O)[C@](C)(O)C[C@@H](C)CN(CCCNC(=O)[C@@]2(O)CCC3C4CCC5=CC(=O)CC[C@]5(C)C4C(=O)C[C@@]32C)[C@H](C)[C@@H](O)[C@]1(C)O. The summed E-state index contributed by atoms with van der Waals surface area (Å²) in [5, 5.41) is 65.2. The molecule has 4 aliphatic carbocycles. The topological polar surface area (TPSA) is 243 Å². The van der Waals surface area contributed by atoms with E-state index >= 15 is 0 Å². The van der Waals surface area contributed by atoms with Crippen LogP contribution in [0.1, 0.15) is 167 Å². The van der Waals surface area contributed by atoms with Gasteiger partial charge in [-0.1, -0.05) is 47.1 Å². The van der Waals surface area contributed by atoms with Crippen LogP contribution in [0, 0.1) is 52.3 Å². The molecule has 6 N–H and O–H groups in total. The molecule has 3 saturated carbocycles. The zero-order chi connectivity index (χ0) is 58.7. The number of aliphatic hydroxyl groups is 5. The van der Waals surface area contributed by atoms with E-state index in [9.17, 15) is 44.7 Å². The molecule has 452 valence electrons. The van der Waals surface area contributed by atoms with Gasteiger partial charge >= 0.3 is 5.97 Å². The van der Waals surface area contributed by atoms with Crippen molar-refractivity contribution in [1.29, 1.82) is 0 Å². The molecule has 7 aliphatic rings. The Labute approximate surface area is 471 Å². The summed E-state index contributed by atoms with van der Waals surface area (Å²) in [4.78, 5) is 59.9. The fraction of sp³-hybridized carbons (Fsp3) is 0.902. The number of nitrogens with zero attached hydrogens (tertiary/aromatic N) is 2. The number of aliphatic hydroxyl groups excluding tert-OH is 2. The van der Waals surface area contributed by atoms with Crippen LogP contribution in [0.5, 0.6) is 0 Å². The van der Waals surface area contributed by atoms with Crippen molar-refractivity contribution in [3.05, 3.63) is 11.6 Å². The minimum atomic E-state index is -1.96. The van der Waals surface area contributed by atoms with E-state index in [4.69, 9.17) is 28.4 Å². The van der Waals surface area contributed by atoms with Gasteiger partial charge in [-0.15, -0.1) is 0 Å². The van der Waals surface area contributed by atoms with E-state index in [-0.39, 0.29) is 91.6 Å². The number of fused-ring (bicyclic) bond motifs is 5. The Morgan fingerprint density at radius 1 is 0.911 bits per heavy atom. The molecule has 3 heterocycles. The number of nitrogens with one attached hydrogen (secondary N) is 1. The highest BCUT2D eigenvalue weighted by molar-refractivity contribution is 5.94. The lowest BCUT2D eigenvalue weighted by molar-refractivity contribution is -0.313. The first-order valence-corrected chi connectivity index (χ1v) is 30.1. The second kappa shape index (κ2) is 24.3. The second-order valence-electron chi connectivity index (χ2n) is 27.5. The number of hydrogen-bond acceptors (Lipinski definition) is 17. The number of allylic oxidation sites excluding steroid dienone is 1. The van der Waals surface area contributed by atoms with E-state index < -0.39 is 106 Å². The van der Waals surface area contributed by atoms with Crippen molar-refractivity contribution in [2.24, 2.45) is 52.3 Å². The van der Waals surface area contributed by atoms with Crippen LogP contribution in [0.2, 0.25) is 0 Å². The highest BCUT2D eigenvalue weighted by atomic mass is 16.7. The van der Waals surface area contributed by atoms with Gasteiger partial charge in [-0.2, -0.15) is 0 Å². The van der Waals surface area contributed by atoms with Gasteiger partial charge < -0.3 is 64.2 Å². The average molecular weight is 1120 g/mol. The number of cyclic esters (lactones) is 1. The number of Topliss-reactive ketones (excluding diaryl/α,β-unsaturated/α-hetero) is 1. The van der Waals surface area contributed by atoms with Gasteiger partial charge in [0.2, 0.25) is 0 Å². The van der Waals surface area contributed by atoms with E-state index in [2.05, 4.69) is 19.2 Å². The van der Waals surface area contributed by atoms with Gasteiger partial charge in [-0.3, -0.25) is 24.1 Å². The Kier molecular flexibility index (Phi) is 19.7. The smallest absolute Gasteiger partial charge is 0.311 e. The molecule has 7 rings (SSSR count). The van der Waals surface area contributed by atoms with Crippen molar-refractivity contribution < 1.29 is 73.1 Å². The number of rotatable bonds is 12. The fourth-order valence-electron chi connectivity index (χ4n) is 16.5. The lowest BCUT2D eigenvalue weighted by atomic mass is 9.46. The summed E-state index contributed by atoms with van der Waals surface area (Å²) in [6.45, 7) is 25.0. The predicted molar refractivity (Wildman–Crippen MR) is 296 cm³/mol. The molecule has 0 aromatic carbocycles. The van der Waals surface area contributed by atoms with Crippen LogP contribution in [0.3, 0.4) is 0 Å². The number of ketones is 2. The van der Waals surface area contributed by atoms with Crippen LogP contribution < -0.4 is 5.32 Å². The molecule has 0 radical (unpaired) electrons. The largest absolute Gasteiger partial charge is 0.459 e. The van der Waals surface area contributed by atoms with Crippen LogP contribution in [-0.2, 0) is 47.6 Å². The van der Waals surface area contributed by atoms with Crippen LogP contribution in [0.25, 0.3) is 0 Å². The van der Waals surface area contributed by atoms with Crippen molar-refractivity contribution in [1.82, 2.24) is 15.1 Å². The van der Waals surface area contributed by atoms with Gasteiger partial charge in [0.25, 0.3) is 5.91 Å². The third-order valence-corrected chi connectivity index (χ3v) is 21.7. The van der Waals surface area contributed by atoms with Crippen molar-refractivity contribution in [2.45, 2.75) is 257 Å². The van der Waals surface area contributed by atoms with Crippen LogP contribution in [-0.4, -0.2) is 189 Å². The fourth-order valence-corrected chi connectivity index (χ4v) is 16.5. The molecule has 3 aliphatic heterocycles. The second-order valence-corrected chi connectivity index (χ2v) is 27.5. The lowest BCUT2D eigenvalue weighted by Crippen LogP contribution is -2.62. The minimum absolute atomic E-state index is 0.00111. The Bertz CT molecular complexity index is 2210. The van der Waals surface area contributed by atoms with Crippen molar-refractivity contribution in [3.63, 3.8) is 0 Å². The number of hydrogen-bond donors (Lipinski definition) is 6. The number of carbonyl (C=O) groups is 4. The molecule has 6 fully saturated rings. The molecule has 6 unspecified atom stereocenters. The maximum atomic E-state index is 14.8. The van der Waals surface area contributed by atoms with Gasteiger partial charge in [0, 0.05) is 81.3 Å². The summed E-state index contributed by atoms with van der Waals surface area (Å²) in [5.74, 6) is -3.47. The molecular formula is C61H103N3O15. The van der Waals surface area contributed by atoms with Crippen LogP contribution in [0.4, 0.5) is 0 Å². The maximum absolute atomic E-state index is 14.8. The van der Waals surface area contributed by atoms with Crippen molar-refractivity contribution in [3.8, 4) is 0 Å². The first-order valence-electron chi connectivity index (χ1n) is 30.1. The number of methoxy groups -OCH3 is 1. The number of ether oxygens (including phenoxy) is 6. The molecular weight excluding hydrogens is 1010 g/mol. The number of likely N-dealkylation sites (N-methyl/N-ethyl adjacent to an activating group) is 1. The summed E-state index contributed by atoms with van der Waals surface area (Å²) in [6, 6.07) is -1.07. The minimum Gasteiger partial charge on any atom is -0.459 e. The van der Waals surface area contributed by atoms with E-state index in [1.54, 1.807) is 40.9 Å². The Morgan fingerprint density at radius 3 is 2.24 bits per heavy atom. The molecule has 18 nitrogen and oxygen atoms in total. The monoisotopic (exact) mass is 1120 g/mol. The first kappa shape index (κ1) is 64.1. The van der Waals surface area contributed by atoms with E-state index in [1.165, 1.54) is 6.92 Å². The summed E-state index contributed by atoms with van der Waals surface area (Å²) in [7, 11) is 5.42. The maximum Gasteiger partial charge on any atom is 0.311 e. The average Bonchev–Trinajstić information content (AvgIpc) is 3.96. The molecule has 79 heavy (non-hydrogen) atoms. The van der Waals surface area contributed by atoms with Crippen molar-refractivity contribution in [2.75, 3.05) is 40.8 Å². The van der Waals surface area contributed by atoms with E-state index in [0.717, 1.165) is 18.4 Å². The molecule has 0 bridgehead atoms. The summed E-state index contributed by atoms with van der Waals surface area (Å²) in [6.07, 6.45) is -1.74. The number of carbonyl (C=O) groups excluding carboxylic acids is 4. The number of esters is 1. The third kappa shape index (κ3) is 12.3. The molecule has 0 aromatic heterocycles. The molecule has 0 spiro atoms. The van der Waals surface area contributed by atoms with E-state index in [1.807, 2.05) is 65.4 Å². The quantitative estimate of drug-likeness (QED) is 0.105. The van der Waals surface area contributed by atoms with Gasteiger partial charge in [0.05, 0.1) is 41.5 Å². The summed E-state index contributed by atoms with van der Waals surface area (Å²) in [5.41, 5.74) is -6.35. The Balaban J connectivity index is 1.15. The molecule has 1 amide bonds. The zero-order valence-corrected chi connectivity index (χ0v) is 50.8. The first-order chi connectivity index (χ1) is 36.7. The van der Waals surface area contributed by atoms with Crippen LogP contribution in [0.15, 0.2) is 11.6 Å². The Morgan fingerprint density at radius 2 is 1.59 bits per heavy atom. The highest BCUT2D eigenvalue weighted by Gasteiger charge is 2.69. The third-order valence-electron chi connectivity index (χ3n) is 21.7. The van der Waals surface area contributed by atoms with Crippen molar-refractivity contribution >= 4 is 23.4 Å². The molecule has 3 saturated heterocycles. The zero-order valence-electron chi connectivity index (χ0n) is 50.8. The molecule has 18 heteroatoms. The van der Waals surface area contributed by atoms with Gasteiger partial charge in [-0.05, 0) is 150 Å². The normalized spacial score (nSPS) is 48.7. The van der Waals surface area contributed by atoms with Crippen LogP contribution >= 0.6 is 0 Å². The Hall–Kier alpha value is -2.46. The number of amides is 1. The molecule has 24 atom stereocenters. The van der Waals surface area contributed by atoms with Gasteiger partial charge in [-0.25, -0.2) is 0 Å².